The van der Waals surface area contributed by atoms with Gasteiger partial charge >= 0.3 is 0 Å². The number of hydrogen-bond acceptors (Lipinski definition) is 4. The molecule has 0 fully saturated rings. The topological polar surface area (TPSA) is 72.2 Å². The average molecular weight is 437 g/mol. The molecule has 0 spiro atoms. The molecule has 0 aliphatic heterocycles. The van der Waals surface area contributed by atoms with Crippen molar-refractivity contribution >= 4 is 39.9 Å². The van der Waals surface area contributed by atoms with Gasteiger partial charge in [-0.15, -0.1) is 0 Å². The molecule has 0 saturated carbocycles. The van der Waals surface area contributed by atoms with Crippen molar-refractivity contribution in [1.82, 2.24) is 10.3 Å². The number of oxazole rings is 1. The minimum absolute atomic E-state index is 0.118. The molecule has 3 rings (SSSR count). The zero-order valence-electron chi connectivity index (χ0n) is 15.1. The first-order chi connectivity index (χ1) is 13.4. The van der Waals surface area contributed by atoms with Crippen molar-refractivity contribution in [1.29, 1.82) is 0 Å². The number of carbonyl (C=O) groups excluding carboxylic acids is 1. The van der Waals surface area contributed by atoms with E-state index in [-0.39, 0.29) is 17.4 Å². The van der Waals surface area contributed by atoms with E-state index in [0.717, 1.165) is 11.1 Å². The second kappa shape index (κ2) is 9.37. The smallest absolute Gasteiger partial charge is 0.232 e. The molecule has 8 heteroatoms. The highest BCUT2D eigenvalue weighted by atomic mass is 35.5. The summed E-state index contributed by atoms with van der Waals surface area (Å²) in [5.41, 5.74) is 2.16. The predicted molar refractivity (Wildman–Crippen MR) is 112 cm³/mol. The standard InChI is InChI=1S/C20H18Cl2N2O3S/c1-13-18(24-20(27-13)14-6-8-16(21)9-7-14)11-28(26)12-19(25)23-10-15-4-2-3-5-17(15)22/h2-9H,10-12H2,1H3,(H,23,25). The monoisotopic (exact) mass is 436 g/mol. The molecule has 1 atom stereocenters. The maximum atomic E-state index is 12.4. The van der Waals surface area contributed by atoms with E-state index in [9.17, 15) is 9.00 Å². The van der Waals surface area contributed by atoms with E-state index in [1.807, 2.05) is 18.2 Å². The van der Waals surface area contributed by atoms with Crippen LogP contribution >= 0.6 is 23.2 Å². The lowest BCUT2D eigenvalue weighted by Crippen LogP contribution is -2.28. The largest absolute Gasteiger partial charge is 0.441 e. The van der Waals surface area contributed by atoms with E-state index in [2.05, 4.69) is 10.3 Å². The van der Waals surface area contributed by atoms with Crippen LogP contribution in [-0.4, -0.2) is 20.9 Å². The summed E-state index contributed by atoms with van der Waals surface area (Å²) < 4.78 is 18.0. The molecule has 1 N–H and O–H groups in total. The maximum absolute atomic E-state index is 12.4. The van der Waals surface area contributed by atoms with Crippen molar-refractivity contribution in [2.75, 3.05) is 5.75 Å². The van der Waals surface area contributed by atoms with E-state index in [4.69, 9.17) is 27.6 Å². The number of carbonyl (C=O) groups is 1. The summed E-state index contributed by atoms with van der Waals surface area (Å²) in [5, 5.41) is 3.94. The van der Waals surface area contributed by atoms with E-state index in [1.165, 1.54) is 0 Å². The molecule has 28 heavy (non-hydrogen) atoms. The van der Waals surface area contributed by atoms with E-state index in [1.54, 1.807) is 37.3 Å². The highest BCUT2D eigenvalue weighted by Crippen LogP contribution is 2.24. The summed E-state index contributed by atoms with van der Waals surface area (Å²) in [4.78, 5) is 16.5. The second-order valence-electron chi connectivity index (χ2n) is 6.13. The van der Waals surface area contributed by atoms with Gasteiger partial charge in [-0.05, 0) is 42.8 Å². The fraction of sp³-hybridized carbons (Fsp3) is 0.200. The third-order valence-corrected chi connectivity index (χ3v) is 5.81. The van der Waals surface area contributed by atoms with Crippen molar-refractivity contribution in [2.45, 2.75) is 19.2 Å². The number of rotatable bonds is 7. The Morgan fingerprint density at radius 3 is 2.57 bits per heavy atom. The van der Waals surface area contributed by atoms with Gasteiger partial charge in [-0.3, -0.25) is 9.00 Å². The number of benzene rings is 2. The van der Waals surface area contributed by atoms with Gasteiger partial charge < -0.3 is 9.73 Å². The highest BCUT2D eigenvalue weighted by Gasteiger charge is 2.16. The van der Waals surface area contributed by atoms with Crippen molar-refractivity contribution in [3.63, 3.8) is 0 Å². The molecule has 0 bridgehead atoms. The molecule has 1 aromatic heterocycles. The Hall–Kier alpha value is -2.15. The third-order valence-electron chi connectivity index (χ3n) is 4.01. The van der Waals surface area contributed by atoms with Gasteiger partial charge in [-0.1, -0.05) is 41.4 Å². The zero-order chi connectivity index (χ0) is 20.1. The quantitative estimate of drug-likeness (QED) is 0.590. The average Bonchev–Trinajstić information content (AvgIpc) is 3.02. The Kier molecular flexibility index (Phi) is 6.88. The van der Waals surface area contributed by atoms with Crippen LogP contribution in [0.3, 0.4) is 0 Å². The molecule has 0 aliphatic carbocycles. The van der Waals surface area contributed by atoms with Crippen molar-refractivity contribution in [3.05, 3.63) is 75.6 Å². The van der Waals surface area contributed by atoms with E-state index >= 15 is 0 Å². The minimum Gasteiger partial charge on any atom is -0.441 e. The van der Waals surface area contributed by atoms with Crippen LogP contribution in [0.2, 0.25) is 10.0 Å². The van der Waals surface area contributed by atoms with Gasteiger partial charge in [0.1, 0.15) is 11.5 Å². The third kappa shape index (κ3) is 5.44. The maximum Gasteiger partial charge on any atom is 0.232 e. The SMILES string of the molecule is Cc1oc(-c2ccc(Cl)cc2)nc1CS(=O)CC(=O)NCc1ccccc1Cl. The predicted octanol–water partition coefficient (Wildman–Crippen LogP) is 4.52. The Labute approximate surface area is 175 Å². The van der Waals surface area contributed by atoms with Crippen LogP contribution in [0, 0.1) is 6.92 Å². The Morgan fingerprint density at radius 1 is 1.14 bits per heavy atom. The van der Waals surface area contributed by atoms with Crippen molar-refractivity contribution in [3.8, 4) is 11.5 Å². The Balaban J connectivity index is 1.56. The second-order valence-corrected chi connectivity index (χ2v) is 8.43. The number of nitrogens with zero attached hydrogens (tertiary/aromatic N) is 1. The first kappa shape index (κ1) is 20.6. The molecule has 5 nitrogen and oxygen atoms in total. The van der Waals surface area contributed by atoms with Crippen LogP contribution in [0.25, 0.3) is 11.5 Å². The first-order valence-corrected chi connectivity index (χ1v) is 10.7. The lowest BCUT2D eigenvalue weighted by atomic mass is 10.2. The van der Waals surface area contributed by atoms with Crippen LogP contribution in [0.15, 0.2) is 52.9 Å². The molecular weight excluding hydrogens is 419 g/mol. The molecule has 1 amide bonds. The summed E-state index contributed by atoms with van der Waals surface area (Å²) in [7, 11) is -1.41. The zero-order valence-corrected chi connectivity index (χ0v) is 17.4. The molecule has 0 saturated heterocycles. The van der Waals surface area contributed by atoms with Crippen LogP contribution in [-0.2, 0) is 27.9 Å². The normalized spacial score (nSPS) is 12.0. The molecule has 1 heterocycles. The van der Waals surface area contributed by atoms with Gasteiger partial charge in [0.2, 0.25) is 11.8 Å². The molecule has 146 valence electrons. The number of amides is 1. The molecule has 1 unspecified atom stereocenters. The number of hydrogen-bond donors (Lipinski definition) is 1. The first-order valence-electron chi connectivity index (χ1n) is 8.49. The van der Waals surface area contributed by atoms with Crippen LogP contribution in [0.4, 0.5) is 0 Å². The van der Waals surface area contributed by atoms with Gasteiger partial charge in [0, 0.05) is 33.0 Å². The summed E-state index contributed by atoms with van der Waals surface area (Å²) >= 11 is 12.0. The summed E-state index contributed by atoms with van der Waals surface area (Å²) in [6.07, 6.45) is 0. The lowest BCUT2D eigenvalue weighted by molar-refractivity contribution is -0.118. The highest BCUT2D eigenvalue weighted by molar-refractivity contribution is 7.84. The number of halogens is 2. The summed E-state index contributed by atoms with van der Waals surface area (Å²) in [5.74, 6) is 0.728. The summed E-state index contributed by atoms with van der Waals surface area (Å²) in [6.45, 7) is 2.05. The number of aromatic nitrogens is 1. The van der Waals surface area contributed by atoms with Crippen LogP contribution < -0.4 is 5.32 Å². The van der Waals surface area contributed by atoms with Gasteiger partial charge in [0.05, 0.1) is 11.4 Å². The van der Waals surface area contributed by atoms with Crippen molar-refractivity contribution in [2.24, 2.45) is 0 Å². The van der Waals surface area contributed by atoms with Crippen LogP contribution in [0.1, 0.15) is 17.0 Å². The molecule has 3 aromatic rings. The molecule has 0 aliphatic rings. The summed E-state index contributed by atoms with van der Waals surface area (Å²) in [6, 6.07) is 14.4. The van der Waals surface area contributed by atoms with E-state index in [0.29, 0.717) is 33.9 Å². The van der Waals surface area contributed by atoms with Crippen molar-refractivity contribution < 1.29 is 13.4 Å². The van der Waals surface area contributed by atoms with Gasteiger partial charge in [0.25, 0.3) is 0 Å². The molecular formula is C20H18Cl2N2O3S. The van der Waals surface area contributed by atoms with Gasteiger partial charge in [0.15, 0.2) is 0 Å². The minimum atomic E-state index is -1.41. The Morgan fingerprint density at radius 2 is 1.86 bits per heavy atom. The van der Waals surface area contributed by atoms with Gasteiger partial charge in [-0.25, -0.2) is 4.98 Å². The lowest BCUT2D eigenvalue weighted by Gasteiger charge is -2.06. The fourth-order valence-electron chi connectivity index (χ4n) is 2.51. The van der Waals surface area contributed by atoms with Crippen LogP contribution in [0.5, 0.6) is 0 Å². The van der Waals surface area contributed by atoms with E-state index < -0.39 is 10.8 Å². The fourth-order valence-corrected chi connectivity index (χ4v) is 3.91. The number of nitrogens with one attached hydrogen (secondary N) is 1. The number of aryl methyl sites for hydroxylation is 1. The van der Waals surface area contributed by atoms with Gasteiger partial charge in [-0.2, -0.15) is 0 Å². The Bertz CT molecular complexity index is 1000. The molecule has 0 radical (unpaired) electrons. The molecule has 2 aromatic carbocycles.